The van der Waals surface area contributed by atoms with Crippen LogP contribution >= 0.6 is 0 Å². The molecule has 78 valence electrons. The summed E-state index contributed by atoms with van der Waals surface area (Å²) in [6.45, 7) is 7.80. The Morgan fingerprint density at radius 3 is 2.62 bits per heavy atom. The molecule has 0 bridgehead atoms. The average Bonchev–Trinajstić information content (AvgIpc) is 2.03. The summed E-state index contributed by atoms with van der Waals surface area (Å²) in [7, 11) is 1.97. The van der Waals surface area contributed by atoms with E-state index in [2.05, 4.69) is 11.8 Å². The minimum absolute atomic E-state index is 0.214. The molecule has 0 aliphatic rings. The van der Waals surface area contributed by atoms with E-state index in [0.29, 0.717) is 12.6 Å². The fourth-order valence-electron chi connectivity index (χ4n) is 1.13. The molecule has 0 amide bonds. The van der Waals surface area contributed by atoms with Crippen LogP contribution < -0.4 is 0 Å². The Bertz CT molecular complexity index is 148. The van der Waals surface area contributed by atoms with Crippen LogP contribution in [0.4, 0.5) is 0 Å². The molecule has 0 rings (SSSR count). The van der Waals surface area contributed by atoms with Crippen LogP contribution in [0.5, 0.6) is 0 Å². The van der Waals surface area contributed by atoms with Gasteiger partial charge in [0, 0.05) is 19.3 Å². The van der Waals surface area contributed by atoms with E-state index < -0.39 is 0 Å². The zero-order chi connectivity index (χ0) is 10.3. The summed E-state index contributed by atoms with van der Waals surface area (Å²) in [6.07, 6.45) is 0.984. The molecule has 1 unspecified atom stereocenters. The third-order valence-corrected chi connectivity index (χ3v) is 2.11. The number of hydrogen-bond acceptors (Lipinski definition) is 3. The van der Waals surface area contributed by atoms with Crippen LogP contribution in [-0.2, 0) is 9.53 Å². The molecular weight excluding hydrogens is 166 g/mol. The molecule has 0 aromatic carbocycles. The summed E-state index contributed by atoms with van der Waals surface area (Å²) in [5, 5.41) is 0. The number of carbonyl (C=O) groups excluding carboxylic acids is 1. The van der Waals surface area contributed by atoms with Gasteiger partial charge in [0.25, 0.3) is 0 Å². The predicted octanol–water partition coefficient (Wildman–Crippen LogP) is 1.32. The monoisotopic (exact) mass is 187 g/mol. The van der Waals surface area contributed by atoms with E-state index in [0.717, 1.165) is 19.6 Å². The summed E-state index contributed by atoms with van der Waals surface area (Å²) >= 11 is 0. The first-order valence-electron chi connectivity index (χ1n) is 4.85. The van der Waals surface area contributed by atoms with Gasteiger partial charge in [-0.05, 0) is 34.2 Å². The lowest BCUT2D eigenvalue weighted by atomic mass is 10.2. The zero-order valence-corrected chi connectivity index (χ0v) is 9.17. The number of ether oxygens (including phenoxy) is 1. The third kappa shape index (κ3) is 6.72. The second-order valence-corrected chi connectivity index (χ2v) is 3.45. The smallest absolute Gasteiger partial charge is 0.143 e. The van der Waals surface area contributed by atoms with Gasteiger partial charge >= 0.3 is 0 Å². The highest BCUT2D eigenvalue weighted by Crippen LogP contribution is 2.00. The molecular formula is C10H21NO2. The third-order valence-electron chi connectivity index (χ3n) is 2.11. The van der Waals surface area contributed by atoms with Crippen molar-refractivity contribution < 1.29 is 9.53 Å². The van der Waals surface area contributed by atoms with E-state index in [1.807, 2.05) is 14.0 Å². The fourth-order valence-corrected chi connectivity index (χ4v) is 1.13. The molecule has 0 aromatic heterocycles. The Balaban J connectivity index is 3.56. The first-order chi connectivity index (χ1) is 6.07. The van der Waals surface area contributed by atoms with Crippen molar-refractivity contribution in [2.75, 3.05) is 26.8 Å². The lowest BCUT2D eigenvalue weighted by Gasteiger charge is -2.23. The van der Waals surface area contributed by atoms with Gasteiger partial charge in [-0.3, -0.25) is 9.69 Å². The van der Waals surface area contributed by atoms with E-state index in [1.54, 1.807) is 6.92 Å². The molecule has 13 heavy (non-hydrogen) atoms. The van der Waals surface area contributed by atoms with E-state index >= 15 is 0 Å². The summed E-state index contributed by atoms with van der Waals surface area (Å²) in [6, 6.07) is 0.412. The summed E-state index contributed by atoms with van der Waals surface area (Å²) in [5.74, 6) is 0.214. The number of carbonyl (C=O) groups is 1. The van der Waals surface area contributed by atoms with Crippen molar-refractivity contribution in [2.24, 2.45) is 0 Å². The van der Waals surface area contributed by atoms with E-state index in [1.165, 1.54) is 0 Å². The molecule has 0 radical (unpaired) electrons. The average molecular weight is 187 g/mol. The minimum atomic E-state index is 0.214. The maximum Gasteiger partial charge on any atom is 0.143 e. The van der Waals surface area contributed by atoms with Crippen molar-refractivity contribution in [3.63, 3.8) is 0 Å². The van der Waals surface area contributed by atoms with Crippen molar-refractivity contribution in [1.29, 1.82) is 0 Å². The van der Waals surface area contributed by atoms with Crippen LogP contribution in [0, 0.1) is 0 Å². The van der Waals surface area contributed by atoms with E-state index in [-0.39, 0.29) is 5.78 Å². The van der Waals surface area contributed by atoms with Crippen molar-refractivity contribution in [3.05, 3.63) is 0 Å². The molecule has 0 fully saturated rings. The second-order valence-electron chi connectivity index (χ2n) is 3.45. The highest BCUT2D eigenvalue weighted by Gasteiger charge is 2.09. The van der Waals surface area contributed by atoms with Crippen LogP contribution in [0.1, 0.15) is 27.2 Å². The highest BCUT2D eigenvalue weighted by molar-refractivity contribution is 5.77. The van der Waals surface area contributed by atoms with Crippen molar-refractivity contribution >= 4 is 5.78 Å². The van der Waals surface area contributed by atoms with Crippen LogP contribution in [0.25, 0.3) is 0 Å². The molecule has 0 spiro atoms. The first-order valence-corrected chi connectivity index (χ1v) is 4.85. The number of rotatable bonds is 7. The summed E-state index contributed by atoms with van der Waals surface area (Å²) in [5.41, 5.74) is 0. The van der Waals surface area contributed by atoms with Gasteiger partial charge in [0.2, 0.25) is 0 Å². The molecule has 0 aliphatic heterocycles. The minimum Gasteiger partial charge on any atom is -0.382 e. The van der Waals surface area contributed by atoms with Crippen LogP contribution in [0.15, 0.2) is 0 Å². The Hall–Kier alpha value is -0.410. The van der Waals surface area contributed by atoms with Crippen molar-refractivity contribution in [1.82, 2.24) is 4.90 Å². The molecule has 0 saturated carbocycles. The van der Waals surface area contributed by atoms with Crippen LogP contribution in [0.2, 0.25) is 0 Å². The van der Waals surface area contributed by atoms with Gasteiger partial charge in [0.1, 0.15) is 5.78 Å². The maximum absolute atomic E-state index is 10.8. The number of Topliss-reactive ketones (excluding diaryl/α,β-unsaturated/α-hetero) is 1. The topological polar surface area (TPSA) is 29.5 Å². The lowest BCUT2D eigenvalue weighted by Crippen LogP contribution is -2.33. The van der Waals surface area contributed by atoms with Gasteiger partial charge in [-0.25, -0.2) is 0 Å². The fraction of sp³-hybridized carbons (Fsp3) is 0.900. The number of nitrogens with zero attached hydrogens (tertiary/aromatic N) is 1. The van der Waals surface area contributed by atoms with Crippen molar-refractivity contribution in [3.8, 4) is 0 Å². The van der Waals surface area contributed by atoms with Crippen LogP contribution in [-0.4, -0.2) is 43.5 Å². The Morgan fingerprint density at radius 1 is 1.54 bits per heavy atom. The SMILES string of the molecule is CCOCCC(C)N(C)CC(C)=O. The number of hydrogen-bond donors (Lipinski definition) is 0. The van der Waals surface area contributed by atoms with Gasteiger partial charge in [0.15, 0.2) is 0 Å². The largest absolute Gasteiger partial charge is 0.382 e. The molecule has 0 aromatic rings. The molecule has 3 heteroatoms. The van der Waals surface area contributed by atoms with Gasteiger partial charge in [-0.15, -0.1) is 0 Å². The van der Waals surface area contributed by atoms with E-state index in [9.17, 15) is 4.79 Å². The van der Waals surface area contributed by atoms with Gasteiger partial charge in [-0.2, -0.15) is 0 Å². The van der Waals surface area contributed by atoms with E-state index in [4.69, 9.17) is 4.74 Å². The first kappa shape index (κ1) is 12.6. The van der Waals surface area contributed by atoms with Crippen molar-refractivity contribution in [2.45, 2.75) is 33.2 Å². The Labute approximate surface area is 81.1 Å². The Kier molecular flexibility index (Phi) is 6.82. The lowest BCUT2D eigenvalue weighted by molar-refractivity contribution is -0.118. The Morgan fingerprint density at radius 2 is 2.15 bits per heavy atom. The zero-order valence-electron chi connectivity index (χ0n) is 9.17. The quantitative estimate of drug-likeness (QED) is 0.563. The second kappa shape index (κ2) is 7.04. The maximum atomic E-state index is 10.8. The summed E-state index contributed by atoms with van der Waals surface area (Å²) < 4.78 is 5.25. The number of ketones is 1. The summed E-state index contributed by atoms with van der Waals surface area (Å²) in [4.78, 5) is 12.9. The molecule has 3 nitrogen and oxygen atoms in total. The normalized spacial score (nSPS) is 13.3. The molecule has 1 atom stereocenters. The standard InChI is InChI=1S/C10H21NO2/c1-5-13-7-6-9(2)11(4)8-10(3)12/h9H,5-8H2,1-4H3. The highest BCUT2D eigenvalue weighted by atomic mass is 16.5. The number of likely N-dealkylation sites (N-methyl/N-ethyl adjacent to an activating group) is 1. The molecule has 0 N–H and O–H groups in total. The van der Waals surface area contributed by atoms with Crippen LogP contribution in [0.3, 0.4) is 0 Å². The molecule has 0 saturated heterocycles. The predicted molar refractivity (Wildman–Crippen MR) is 53.9 cm³/mol. The molecule has 0 aliphatic carbocycles. The van der Waals surface area contributed by atoms with Gasteiger partial charge in [-0.1, -0.05) is 0 Å². The van der Waals surface area contributed by atoms with Gasteiger partial charge in [0.05, 0.1) is 6.54 Å². The van der Waals surface area contributed by atoms with Gasteiger partial charge < -0.3 is 4.74 Å². The molecule has 0 heterocycles.